The Bertz CT molecular complexity index is 1080. The van der Waals surface area contributed by atoms with E-state index in [1.165, 1.54) is 6.08 Å². The summed E-state index contributed by atoms with van der Waals surface area (Å²) in [5, 5.41) is 0. The maximum Gasteiger partial charge on any atom is 0.231 e. The van der Waals surface area contributed by atoms with E-state index in [0.717, 1.165) is 13.4 Å². The van der Waals surface area contributed by atoms with Crippen LogP contribution in [0.5, 0.6) is 17.2 Å². The molecule has 0 radical (unpaired) electrons. The number of allylic oxidation sites excluding steroid dienone is 1. The Labute approximate surface area is 192 Å². The number of fused-ring (bicyclic) bond motifs is 1. The van der Waals surface area contributed by atoms with E-state index in [1.54, 1.807) is 30.3 Å². The molecular formula is C21H13Br3O5. The van der Waals surface area contributed by atoms with Crippen molar-refractivity contribution in [2.24, 2.45) is 0 Å². The molecule has 1 aliphatic heterocycles. The maximum absolute atomic E-state index is 12.4. The largest absolute Gasteiger partial charge is 0.483 e. The first kappa shape index (κ1) is 20.3. The predicted octanol–water partition coefficient (Wildman–Crippen LogP) is 6.77. The zero-order valence-corrected chi connectivity index (χ0v) is 19.5. The van der Waals surface area contributed by atoms with Gasteiger partial charge in [-0.3, -0.25) is 4.79 Å². The third-order valence-electron chi connectivity index (χ3n) is 4.06. The molecule has 0 fully saturated rings. The number of benzene rings is 2. The molecule has 8 heteroatoms. The first-order valence-electron chi connectivity index (χ1n) is 8.48. The number of furan rings is 1. The van der Waals surface area contributed by atoms with Gasteiger partial charge in [0.25, 0.3) is 0 Å². The van der Waals surface area contributed by atoms with Gasteiger partial charge in [0, 0.05) is 10.0 Å². The molecule has 148 valence electrons. The maximum atomic E-state index is 12.4. The summed E-state index contributed by atoms with van der Waals surface area (Å²) in [6, 6.07) is 12.5. The minimum absolute atomic E-state index is 0.153. The SMILES string of the molecule is O=C(/C=C/c1ccc(COc2c(Br)cc(Br)cc2Br)o1)c1ccc2c(c1)OCO2. The molecule has 1 aliphatic rings. The zero-order chi connectivity index (χ0) is 20.4. The van der Waals surface area contributed by atoms with Crippen molar-refractivity contribution in [1.29, 1.82) is 0 Å². The first-order chi connectivity index (χ1) is 14.0. The van der Waals surface area contributed by atoms with Gasteiger partial charge in [0.05, 0.1) is 8.95 Å². The zero-order valence-electron chi connectivity index (χ0n) is 14.8. The first-order valence-corrected chi connectivity index (χ1v) is 10.9. The average molecular weight is 585 g/mol. The lowest BCUT2D eigenvalue weighted by atomic mass is 10.1. The lowest BCUT2D eigenvalue weighted by Gasteiger charge is -2.09. The molecule has 0 bridgehead atoms. The third-order valence-corrected chi connectivity index (χ3v) is 5.70. The van der Waals surface area contributed by atoms with Gasteiger partial charge in [0.15, 0.2) is 17.3 Å². The van der Waals surface area contributed by atoms with Gasteiger partial charge in [-0.1, -0.05) is 15.9 Å². The van der Waals surface area contributed by atoms with Crippen molar-refractivity contribution in [1.82, 2.24) is 0 Å². The summed E-state index contributed by atoms with van der Waals surface area (Å²) in [6.07, 6.45) is 3.09. The van der Waals surface area contributed by atoms with Crippen LogP contribution < -0.4 is 14.2 Å². The van der Waals surface area contributed by atoms with Gasteiger partial charge in [-0.25, -0.2) is 0 Å². The smallest absolute Gasteiger partial charge is 0.231 e. The van der Waals surface area contributed by atoms with Crippen molar-refractivity contribution in [2.75, 3.05) is 6.79 Å². The lowest BCUT2D eigenvalue weighted by molar-refractivity contribution is 0.104. The van der Waals surface area contributed by atoms with E-state index in [0.29, 0.717) is 34.3 Å². The summed E-state index contributed by atoms with van der Waals surface area (Å²) in [6.45, 7) is 0.427. The Morgan fingerprint density at radius 2 is 1.76 bits per heavy atom. The van der Waals surface area contributed by atoms with Crippen LogP contribution >= 0.6 is 47.8 Å². The molecule has 4 rings (SSSR count). The summed E-state index contributed by atoms with van der Waals surface area (Å²) >= 11 is 10.4. The molecule has 0 N–H and O–H groups in total. The number of rotatable bonds is 6. The highest BCUT2D eigenvalue weighted by atomic mass is 79.9. The van der Waals surface area contributed by atoms with E-state index in [-0.39, 0.29) is 19.2 Å². The number of hydrogen-bond acceptors (Lipinski definition) is 5. The van der Waals surface area contributed by atoms with Gasteiger partial charge < -0.3 is 18.6 Å². The van der Waals surface area contributed by atoms with Gasteiger partial charge >= 0.3 is 0 Å². The highest BCUT2D eigenvalue weighted by molar-refractivity contribution is 9.11. The predicted molar refractivity (Wildman–Crippen MR) is 119 cm³/mol. The molecule has 5 nitrogen and oxygen atoms in total. The van der Waals surface area contributed by atoms with Gasteiger partial charge in [-0.2, -0.15) is 0 Å². The fraction of sp³-hybridized carbons (Fsp3) is 0.0952. The molecule has 0 unspecified atom stereocenters. The fourth-order valence-corrected chi connectivity index (χ4v) is 5.16. The average Bonchev–Trinajstić information content (AvgIpc) is 3.33. The summed E-state index contributed by atoms with van der Waals surface area (Å²) in [5.41, 5.74) is 0.519. The van der Waals surface area contributed by atoms with E-state index in [9.17, 15) is 4.79 Å². The van der Waals surface area contributed by atoms with Crippen LogP contribution in [0.15, 0.2) is 66.4 Å². The van der Waals surface area contributed by atoms with Gasteiger partial charge in [-0.15, -0.1) is 0 Å². The van der Waals surface area contributed by atoms with E-state index in [1.807, 2.05) is 18.2 Å². The van der Waals surface area contributed by atoms with Crippen LogP contribution in [0.25, 0.3) is 6.08 Å². The molecule has 1 aromatic heterocycles. The Balaban J connectivity index is 1.40. The molecule has 3 aromatic rings. The molecular weight excluding hydrogens is 572 g/mol. The number of halogens is 3. The molecule has 0 atom stereocenters. The number of hydrogen-bond donors (Lipinski definition) is 0. The quantitative estimate of drug-likeness (QED) is 0.236. The van der Waals surface area contributed by atoms with E-state index in [4.69, 9.17) is 18.6 Å². The third kappa shape index (κ3) is 4.76. The van der Waals surface area contributed by atoms with Crippen LogP contribution in [-0.2, 0) is 6.61 Å². The molecule has 0 aliphatic carbocycles. The highest BCUT2D eigenvalue weighted by Crippen LogP contribution is 2.37. The topological polar surface area (TPSA) is 57.9 Å². The van der Waals surface area contributed by atoms with E-state index < -0.39 is 0 Å². The van der Waals surface area contributed by atoms with Crippen molar-refractivity contribution in [3.8, 4) is 17.2 Å². The normalized spacial score (nSPS) is 12.5. The minimum Gasteiger partial charge on any atom is -0.483 e. The Kier molecular flexibility index (Phi) is 6.12. The molecule has 2 aromatic carbocycles. The summed E-state index contributed by atoms with van der Waals surface area (Å²) in [5.74, 6) is 2.95. The van der Waals surface area contributed by atoms with Gasteiger partial charge in [-0.05, 0) is 86.5 Å². The molecule has 0 saturated carbocycles. The highest BCUT2D eigenvalue weighted by Gasteiger charge is 2.15. The Morgan fingerprint density at radius 3 is 2.55 bits per heavy atom. The molecule has 0 amide bonds. The van der Waals surface area contributed by atoms with Crippen molar-refractivity contribution in [3.63, 3.8) is 0 Å². The second-order valence-corrected chi connectivity index (χ2v) is 8.68. The standard InChI is InChI=1S/C21H13Br3O5/c22-13-8-16(23)21(17(24)9-13)26-10-15-3-2-14(29-15)4-5-18(25)12-1-6-19-20(7-12)28-11-27-19/h1-9H,10-11H2/b5-4+. The molecule has 0 saturated heterocycles. The summed E-state index contributed by atoms with van der Waals surface area (Å²) in [7, 11) is 0. The number of ketones is 1. The van der Waals surface area contributed by atoms with Crippen LogP contribution in [-0.4, -0.2) is 12.6 Å². The van der Waals surface area contributed by atoms with Crippen LogP contribution in [0.2, 0.25) is 0 Å². The van der Waals surface area contributed by atoms with E-state index in [2.05, 4.69) is 47.8 Å². The number of carbonyl (C=O) groups is 1. The molecule has 2 heterocycles. The summed E-state index contributed by atoms with van der Waals surface area (Å²) in [4.78, 5) is 12.4. The summed E-state index contributed by atoms with van der Waals surface area (Å²) < 4.78 is 24.7. The van der Waals surface area contributed by atoms with Crippen LogP contribution in [0.3, 0.4) is 0 Å². The van der Waals surface area contributed by atoms with Crippen molar-refractivity contribution in [2.45, 2.75) is 6.61 Å². The second-order valence-electron chi connectivity index (χ2n) is 6.06. The number of carbonyl (C=O) groups excluding carboxylic acids is 1. The van der Waals surface area contributed by atoms with Crippen LogP contribution in [0.4, 0.5) is 0 Å². The van der Waals surface area contributed by atoms with Crippen molar-refractivity contribution >= 4 is 59.6 Å². The minimum atomic E-state index is -0.153. The lowest BCUT2D eigenvalue weighted by Crippen LogP contribution is -1.95. The molecule has 0 spiro atoms. The second kappa shape index (κ2) is 8.77. The monoisotopic (exact) mass is 582 g/mol. The van der Waals surface area contributed by atoms with Crippen LogP contribution in [0, 0.1) is 0 Å². The van der Waals surface area contributed by atoms with Crippen molar-refractivity contribution < 1.29 is 23.4 Å². The van der Waals surface area contributed by atoms with Gasteiger partial charge in [0.1, 0.15) is 23.9 Å². The Morgan fingerprint density at radius 1 is 1.00 bits per heavy atom. The fourth-order valence-electron chi connectivity index (χ4n) is 2.68. The van der Waals surface area contributed by atoms with E-state index >= 15 is 0 Å². The van der Waals surface area contributed by atoms with Crippen LogP contribution in [0.1, 0.15) is 21.9 Å². The van der Waals surface area contributed by atoms with Gasteiger partial charge in [0.2, 0.25) is 6.79 Å². The number of ether oxygens (including phenoxy) is 3. The van der Waals surface area contributed by atoms with Crippen molar-refractivity contribution in [3.05, 3.63) is 79.0 Å². The molecule has 29 heavy (non-hydrogen) atoms. The Hall–Kier alpha value is -2.03.